The molecule has 2 aromatic rings. The summed E-state index contributed by atoms with van der Waals surface area (Å²) in [6.07, 6.45) is 3.57. The zero-order valence-electron chi connectivity index (χ0n) is 18.9. The molecule has 31 heavy (non-hydrogen) atoms. The van der Waals surface area contributed by atoms with E-state index < -0.39 is 11.4 Å². The number of nitrogens with zero attached hydrogens (tertiary/aromatic N) is 1. The average molecular weight is 421 g/mol. The second-order valence-electron chi connectivity index (χ2n) is 8.34. The minimum absolute atomic E-state index is 0.367. The van der Waals surface area contributed by atoms with Gasteiger partial charge < -0.3 is 9.47 Å². The number of hydrogen-bond donors (Lipinski definition) is 1. The maximum atomic E-state index is 11.5. The molecule has 0 saturated carbocycles. The molecule has 5 heteroatoms. The van der Waals surface area contributed by atoms with Gasteiger partial charge in [0.05, 0.1) is 19.6 Å². The molecule has 3 rings (SSSR count). The fraction of sp³-hybridized carbons (Fsp3) is 0.423. The number of hydrogen-bond acceptors (Lipinski definition) is 5. The highest BCUT2D eigenvalue weighted by Gasteiger charge is 2.24. The molecule has 2 aromatic carbocycles. The van der Waals surface area contributed by atoms with E-state index in [1.165, 1.54) is 25.5 Å². The number of carbonyl (C=O) groups excluding carboxylic acids is 1. The van der Waals surface area contributed by atoms with Crippen molar-refractivity contribution in [2.75, 3.05) is 20.8 Å². The molecule has 5 nitrogen and oxygen atoms in total. The van der Waals surface area contributed by atoms with Crippen LogP contribution < -0.4 is 10.2 Å². The highest BCUT2D eigenvalue weighted by Crippen LogP contribution is 2.31. The molecule has 1 aliphatic heterocycles. The molecule has 0 aliphatic carbocycles. The molecule has 1 fully saturated rings. The van der Waals surface area contributed by atoms with Crippen molar-refractivity contribution in [1.29, 1.82) is 0 Å². The summed E-state index contributed by atoms with van der Waals surface area (Å²) in [6, 6.07) is 17.1. The minimum Gasteiger partial charge on any atom is -0.496 e. The van der Waals surface area contributed by atoms with E-state index in [4.69, 9.17) is 4.74 Å². The van der Waals surface area contributed by atoms with E-state index in [1.54, 1.807) is 7.11 Å². The molecule has 1 unspecified atom stereocenters. The third-order valence-electron chi connectivity index (χ3n) is 5.82. The van der Waals surface area contributed by atoms with Gasteiger partial charge in [0.15, 0.2) is 0 Å². The van der Waals surface area contributed by atoms with Gasteiger partial charge in [-0.05, 0) is 49.9 Å². The molecule has 0 amide bonds. The fourth-order valence-corrected chi connectivity index (χ4v) is 3.97. The van der Waals surface area contributed by atoms with Crippen molar-refractivity contribution in [3.05, 3.63) is 65.2 Å². The van der Waals surface area contributed by atoms with E-state index in [0.717, 1.165) is 29.8 Å². The van der Waals surface area contributed by atoms with Crippen LogP contribution in [0.4, 0.5) is 0 Å². The smallest absolute Gasteiger partial charge is 0.384 e. The molecule has 1 aliphatic rings. The Balaban J connectivity index is 1.79. The normalized spacial score (nSPS) is 16.8. The quantitative estimate of drug-likeness (QED) is 0.427. The van der Waals surface area contributed by atoms with Crippen LogP contribution in [-0.4, -0.2) is 31.7 Å². The first-order valence-corrected chi connectivity index (χ1v) is 10.8. The van der Waals surface area contributed by atoms with Crippen molar-refractivity contribution < 1.29 is 14.3 Å². The Morgan fingerprint density at radius 2 is 1.94 bits per heavy atom. The number of nitrogens with one attached hydrogen (secondary N) is 1. The molecule has 1 saturated heterocycles. The summed E-state index contributed by atoms with van der Waals surface area (Å²) < 4.78 is 10.3. The van der Waals surface area contributed by atoms with Gasteiger partial charge in [-0.3, -0.25) is 5.43 Å². The molecule has 0 bridgehead atoms. The van der Waals surface area contributed by atoms with Crippen LogP contribution in [0.15, 0.2) is 48.5 Å². The Kier molecular flexibility index (Phi) is 7.73. The topological polar surface area (TPSA) is 50.8 Å². The number of carbonyl (C=O) groups is 1. The standard InChI is InChI=1S/C26H32N2O3/c1-26(2,16-15-25(29)31-4)22-13-14-24(30-3)21(18-22)19-27-28-17-9-8-12-23(28)20-10-6-5-7-11-20/h5-7,10-11,13-14,18,23,27H,8-9,12,17,19H2,1-4H3. The minimum atomic E-state index is -0.527. The third kappa shape index (κ3) is 5.88. The van der Waals surface area contributed by atoms with Crippen LogP contribution in [0.2, 0.25) is 0 Å². The summed E-state index contributed by atoms with van der Waals surface area (Å²) in [5.41, 5.74) is 6.58. The number of methoxy groups -OCH3 is 2. The van der Waals surface area contributed by atoms with Crippen LogP contribution in [0.3, 0.4) is 0 Å². The first-order chi connectivity index (χ1) is 14.9. The summed E-state index contributed by atoms with van der Waals surface area (Å²) >= 11 is 0. The number of esters is 1. The third-order valence-corrected chi connectivity index (χ3v) is 5.82. The van der Waals surface area contributed by atoms with E-state index in [-0.39, 0.29) is 0 Å². The van der Waals surface area contributed by atoms with E-state index in [0.29, 0.717) is 12.6 Å². The fourth-order valence-electron chi connectivity index (χ4n) is 3.97. The molecule has 1 atom stereocenters. The van der Waals surface area contributed by atoms with Gasteiger partial charge in [0.2, 0.25) is 0 Å². The van der Waals surface area contributed by atoms with Gasteiger partial charge in [0.25, 0.3) is 0 Å². The van der Waals surface area contributed by atoms with Crippen molar-refractivity contribution in [3.8, 4) is 17.6 Å². The average Bonchev–Trinajstić information content (AvgIpc) is 2.81. The van der Waals surface area contributed by atoms with E-state index in [1.807, 2.05) is 26.0 Å². The molecule has 0 radical (unpaired) electrons. The Hall–Kier alpha value is -2.81. The molecule has 0 spiro atoms. The van der Waals surface area contributed by atoms with Gasteiger partial charge in [0, 0.05) is 30.6 Å². The Morgan fingerprint density at radius 1 is 1.16 bits per heavy atom. The lowest BCUT2D eigenvalue weighted by Gasteiger charge is -2.36. The predicted octanol–water partition coefficient (Wildman–Crippen LogP) is 4.38. The van der Waals surface area contributed by atoms with E-state index in [2.05, 4.69) is 63.4 Å². The first kappa shape index (κ1) is 22.9. The van der Waals surface area contributed by atoms with Crippen molar-refractivity contribution in [3.63, 3.8) is 0 Å². The van der Waals surface area contributed by atoms with Crippen LogP contribution in [0.1, 0.15) is 55.8 Å². The SMILES string of the molecule is COC(=O)C#CC(C)(C)c1ccc(OC)c(CNN2CCCCC2c2ccccc2)c1. The second-order valence-corrected chi connectivity index (χ2v) is 8.34. The summed E-state index contributed by atoms with van der Waals surface area (Å²) in [6.45, 7) is 5.66. The maximum Gasteiger partial charge on any atom is 0.384 e. The molecule has 1 heterocycles. The number of hydrazine groups is 1. The van der Waals surface area contributed by atoms with Gasteiger partial charge in [-0.2, -0.15) is 0 Å². The monoisotopic (exact) mass is 420 g/mol. The zero-order chi connectivity index (χ0) is 22.3. The zero-order valence-corrected chi connectivity index (χ0v) is 18.9. The van der Waals surface area contributed by atoms with E-state index >= 15 is 0 Å². The Labute approximate surface area is 185 Å². The van der Waals surface area contributed by atoms with Gasteiger partial charge >= 0.3 is 5.97 Å². The summed E-state index contributed by atoms with van der Waals surface area (Å²) in [5.74, 6) is 5.90. The number of ether oxygens (including phenoxy) is 2. The predicted molar refractivity (Wildman–Crippen MR) is 122 cm³/mol. The Bertz CT molecular complexity index is 944. The van der Waals surface area contributed by atoms with Crippen LogP contribution >= 0.6 is 0 Å². The first-order valence-electron chi connectivity index (χ1n) is 10.8. The van der Waals surface area contributed by atoms with E-state index in [9.17, 15) is 4.79 Å². The van der Waals surface area contributed by atoms with Crippen LogP contribution in [0.5, 0.6) is 5.75 Å². The lowest BCUT2D eigenvalue weighted by molar-refractivity contribution is -0.133. The molecule has 164 valence electrons. The summed E-state index contributed by atoms with van der Waals surface area (Å²) in [7, 11) is 3.03. The van der Waals surface area contributed by atoms with Gasteiger partial charge in [-0.15, -0.1) is 0 Å². The molecular formula is C26H32N2O3. The van der Waals surface area contributed by atoms with Crippen molar-refractivity contribution in [2.45, 2.75) is 51.1 Å². The summed E-state index contributed by atoms with van der Waals surface area (Å²) in [4.78, 5) is 11.5. The van der Waals surface area contributed by atoms with Gasteiger partial charge in [-0.25, -0.2) is 9.80 Å². The second kappa shape index (κ2) is 10.5. The highest BCUT2D eigenvalue weighted by atomic mass is 16.5. The van der Waals surface area contributed by atoms with Crippen molar-refractivity contribution >= 4 is 5.97 Å². The lowest BCUT2D eigenvalue weighted by atomic mass is 9.84. The number of piperidine rings is 1. The lowest BCUT2D eigenvalue weighted by Crippen LogP contribution is -2.43. The van der Waals surface area contributed by atoms with Gasteiger partial charge in [-0.1, -0.05) is 48.7 Å². The Morgan fingerprint density at radius 3 is 2.65 bits per heavy atom. The van der Waals surface area contributed by atoms with Gasteiger partial charge in [0.1, 0.15) is 5.75 Å². The van der Waals surface area contributed by atoms with Crippen molar-refractivity contribution in [1.82, 2.24) is 10.4 Å². The molecule has 0 aromatic heterocycles. The highest BCUT2D eigenvalue weighted by molar-refractivity contribution is 5.88. The number of benzene rings is 2. The maximum absolute atomic E-state index is 11.5. The molecular weight excluding hydrogens is 388 g/mol. The van der Waals surface area contributed by atoms with Crippen LogP contribution in [-0.2, 0) is 21.5 Å². The molecule has 1 N–H and O–H groups in total. The largest absolute Gasteiger partial charge is 0.496 e. The van der Waals surface area contributed by atoms with Crippen molar-refractivity contribution in [2.24, 2.45) is 0 Å². The number of rotatable bonds is 6. The van der Waals surface area contributed by atoms with Crippen LogP contribution in [0, 0.1) is 11.8 Å². The van der Waals surface area contributed by atoms with Crippen LogP contribution in [0.25, 0.3) is 0 Å². The summed E-state index contributed by atoms with van der Waals surface area (Å²) in [5, 5.41) is 2.35.